The third-order valence-electron chi connectivity index (χ3n) is 4.91. The second-order valence-corrected chi connectivity index (χ2v) is 6.88. The molecule has 142 valence electrons. The molecule has 5 nitrogen and oxygen atoms in total. The smallest absolute Gasteiger partial charge is 0.253 e. The molecular weight excluding hydrogens is 338 g/mol. The van der Waals surface area contributed by atoms with Crippen molar-refractivity contribution in [1.29, 1.82) is 0 Å². The van der Waals surface area contributed by atoms with Crippen molar-refractivity contribution in [3.63, 3.8) is 0 Å². The first kappa shape index (κ1) is 19.1. The van der Waals surface area contributed by atoms with Crippen LogP contribution in [0.15, 0.2) is 54.6 Å². The van der Waals surface area contributed by atoms with E-state index in [0.717, 1.165) is 32.4 Å². The maximum atomic E-state index is 12.5. The number of nitrogens with one attached hydrogen (secondary N) is 2. The minimum Gasteiger partial charge on any atom is -0.339 e. The fraction of sp³-hybridized carbons (Fsp3) is 0.364. The summed E-state index contributed by atoms with van der Waals surface area (Å²) < 4.78 is 0. The van der Waals surface area contributed by atoms with Gasteiger partial charge in [0, 0.05) is 30.4 Å². The highest BCUT2D eigenvalue weighted by molar-refractivity contribution is 5.97. The molecule has 1 saturated heterocycles. The zero-order valence-electron chi connectivity index (χ0n) is 15.8. The standard InChI is InChI=1S/C22H27N3O2/c1-2-20(17-9-4-3-5-10-17)23-16-21(26)24-19-12-8-11-18(15-19)22(27)25-13-6-7-14-25/h3-5,8-12,15,20,23H,2,6-7,13-14,16H2,1H3,(H,24,26). The summed E-state index contributed by atoms with van der Waals surface area (Å²) in [5.41, 5.74) is 2.45. The Morgan fingerprint density at radius 1 is 1.04 bits per heavy atom. The molecular formula is C22H27N3O2. The van der Waals surface area contributed by atoms with E-state index in [1.807, 2.05) is 35.2 Å². The molecule has 1 unspecified atom stereocenters. The number of nitrogens with zero attached hydrogens (tertiary/aromatic N) is 1. The molecule has 0 saturated carbocycles. The summed E-state index contributed by atoms with van der Waals surface area (Å²) in [6, 6.07) is 17.4. The van der Waals surface area contributed by atoms with Crippen LogP contribution in [0.3, 0.4) is 0 Å². The van der Waals surface area contributed by atoms with Crippen molar-refractivity contribution in [2.45, 2.75) is 32.2 Å². The number of anilines is 1. The number of hydrogen-bond donors (Lipinski definition) is 2. The number of benzene rings is 2. The van der Waals surface area contributed by atoms with Crippen molar-refractivity contribution >= 4 is 17.5 Å². The Balaban J connectivity index is 1.56. The van der Waals surface area contributed by atoms with Gasteiger partial charge in [-0.3, -0.25) is 9.59 Å². The molecule has 0 aromatic heterocycles. The number of amides is 2. The van der Waals surface area contributed by atoms with E-state index < -0.39 is 0 Å². The predicted molar refractivity (Wildman–Crippen MR) is 108 cm³/mol. The molecule has 2 aromatic rings. The zero-order chi connectivity index (χ0) is 19.1. The predicted octanol–water partition coefficient (Wildman–Crippen LogP) is 3.60. The van der Waals surface area contributed by atoms with Crippen LogP contribution in [0, 0.1) is 0 Å². The van der Waals surface area contributed by atoms with Crippen molar-refractivity contribution in [1.82, 2.24) is 10.2 Å². The van der Waals surface area contributed by atoms with Gasteiger partial charge in [-0.05, 0) is 43.0 Å². The van der Waals surface area contributed by atoms with Crippen LogP contribution in [-0.4, -0.2) is 36.3 Å². The van der Waals surface area contributed by atoms with Crippen LogP contribution < -0.4 is 10.6 Å². The largest absolute Gasteiger partial charge is 0.339 e. The summed E-state index contributed by atoms with van der Waals surface area (Å²) in [7, 11) is 0. The van der Waals surface area contributed by atoms with Crippen molar-refractivity contribution in [2.24, 2.45) is 0 Å². The lowest BCUT2D eigenvalue weighted by atomic mass is 10.0. The molecule has 27 heavy (non-hydrogen) atoms. The van der Waals surface area contributed by atoms with Gasteiger partial charge in [0.2, 0.25) is 5.91 Å². The van der Waals surface area contributed by atoms with Crippen LogP contribution in [0.1, 0.15) is 48.1 Å². The van der Waals surface area contributed by atoms with Gasteiger partial charge in [-0.1, -0.05) is 43.3 Å². The van der Waals surface area contributed by atoms with E-state index in [1.54, 1.807) is 12.1 Å². The van der Waals surface area contributed by atoms with Gasteiger partial charge in [-0.15, -0.1) is 0 Å². The monoisotopic (exact) mass is 365 g/mol. The van der Waals surface area contributed by atoms with Crippen molar-refractivity contribution < 1.29 is 9.59 Å². The minimum absolute atomic E-state index is 0.0387. The normalized spacial score (nSPS) is 14.8. The Kier molecular flexibility index (Phi) is 6.60. The summed E-state index contributed by atoms with van der Waals surface area (Å²) in [4.78, 5) is 26.7. The average molecular weight is 365 g/mol. The molecule has 2 N–H and O–H groups in total. The lowest BCUT2D eigenvalue weighted by molar-refractivity contribution is -0.115. The van der Waals surface area contributed by atoms with E-state index in [9.17, 15) is 9.59 Å². The Hall–Kier alpha value is -2.66. The average Bonchev–Trinajstić information content (AvgIpc) is 3.24. The first-order valence-electron chi connectivity index (χ1n) is 9.65. The summed E-state index contributed by atoms with van der Waals surface area (Å²) in [6.07, 6.45) is 3.03. The molecule has 1 aliphatic heterocycles. The summed E-state index contributed by atoms with van der Waals surface area (Å²) in [5, 5.41) is 6.19. The Morgan fingerprint density at radius 3 is 2.48 bits per heavy atom. The minimum atomic E-state index is -0.116. The summed E-state index contributed by atoms with van der Waals surface area (Å²) in [6.45, 7) is 3.95. The molecule has 1 atom stereocenters. The van der Waals surface area contributed by atoms with Gasteiger partial charge in [-0.25, -0.2) is 0 Å². The van der Waals surface area contributed by atoms with Crippen LogP contribution in [0.25, 0.3) is 0 Å². The van der Waals surface area contributed by atoms with Crippen LogP contribution >= 0.6 is 0 Å². The van der Waals surface area contributed by atoms with E-state index in [2.05, 4.69) is 29.7 Å². The highest BCUT2D eigenvalue weighted by Gasteiger charge is 2.19. The van der Waals surface area contributed by atoms with E-state index in [0.29, 0.717) is 11.3 Å². The molecule has 0 radical (unpaired) electrons. The van der Waals surface area contributed by atoms with Crippen molar-refractivity contribution in [3.8, 4) is 0 Å². The first-order chi connectivity index (χ1) is 13.2. The Labute approximate surface area is 160 Å². The molecule has 1 heterocycles. The lowest BCUT2D eigenvalue weighted by Gasteiger charge is -2.18. The number of likely N-dealkylation sites (tertiary alicyclic amines) is 1. The van der Waals surface area contributed by atoms with Crippen LogP contribution in [0.4, 0.5) is 5.69 Å². The second kappa shape index (κ2) is 9.33. The highest BCUT2D eigenvalue weighted by atomic mass is 16.2. The fourth-order valence-corrected chi connectivity index (χ4v) is 3.44. The third-order valence-corrected chi connectivity index (χ3v) is 4.91. The van der Waals surface area contributed by atoms with Crippen molar-refractivity contribution in [3.05, 3.63) is 65.7 Å². The maximum Gasteiger partial charge on any atom is 0.253 e. The molecule has 0 spiro atoms. The van der Waals surface area contributed by atoms with E-state index in [1.165, 1.54) is 5.56 Å². The molecule has 0 aliphatic carbocycles. The summed E-state index contributed by atoms with van der Waals surface area (Å²) in [5.74, 6) is -0.0769. The second-order valence-electron chi connectivity index (χ2n) is 6.88. The number of hydrogen-bond acceptors (Lipinski definition) is 3. The topological polar surface area (TPSA) is 61.4 Å². The van der Waals surface area contributed by atoms with Gasteiger partial charge in [0.1, 0.15) is 0 Å². The van der Waals surface area contributed by atoms with Gasteiger partial charge in [-0.2, -0.15) is 0 Å². The molecule has 2 aromatic carbocycles. The molecule has 2 amide bonds. The number of rotatable bonds is 7. The van der Waals surface area contributed by atoms with Crippen molar-refractivity contribution in [2.75, 3.05) is 25.0 Å². The van der Waals surface area contributed by atoms with Gasteiger partial charge >= 0.3 is 0 Å². The summed E-state index contributed by atoms with van der Waals surface area (Å²) >= 11 is 0. The third kappa shape index (κ3) is 5.17. The Bertz CT molecular complexity index is 770. The lowest BCUT2D eigenvalue weighted by Crippen LogP contribution is -2.31. The van der Waals surface area contributed by atoms with Gasteiger partial charge in [0.15, 0.2) is 0 Å². The van der Waals surface area contributed by atoms with Gasteiger partial charge in [0.25, 0.3) is 5.91 Å². The van der Waals surface area contributed by atoms with E-state index >= 15 is 0 Å². The quantitative estimate of drug-likeness (QED) is 0.788. The van der Waals surface area contributed by atoms with Crippen LogP contribution in [0.5, 0.6) is 0 Å². The highest BCUT2D eigenvalue weighted by Crippen LogP contribution is 2.17. The molecule has 0 bridgehead atoms. The number of carbonyl (C=O) groups is 2. The van der Waals surface area contributed by atoms with Crippen LogP contribution in [0.2, 0.25) is 0 Å². The van der Waals surface area contributed by atoms with Crippen LogP contribution in [-0.2, 0) is 4.79 Å². The SMILES string of the molecule is CCC(NCC(=O)Nc1cccc(C(=O)N2CCCC2)c1)c1ccccc1. The number of carbonyl (C=O) groups excluding carboxylic acids is 2. The first-order valence-corrected chi connectivity index (χ1v) is 9.65. The molecule has 1 aliphatic rings. The fourth-order valence-electron chi connectivity index (χ4n) is 3.44. The zero-order valence-corrected chi connectivity index (χ0v) is 15.8. The van der Waals surface area contributed by atoms with E-state index in [-0.39, 0.29) is 24.4 Å². The van der Waals surface area contributed by atoms with E-state index in [4.69, 9.17) is 0 Å². The molecule has 5 heteroatoms. The van der Waals surface area contributed by atoms with Gasteiger partial charge in [0.05, 0.1) is 6.54 Å². The Morgan fingerprint density at radius 2 is 1.78 bits per heavy atom. The maximum absolute atomic E-state index is 12.5. The molecule has 1 fully saturated rings. The van der Waals surface area contributed by atoms with Gasteiger partial charge < -0.3 is 15.5 Å². The molecule has 3 rings (SSSR count).